The van der Waals surface area contributed by atoms with Crippen molar-refractivity contribution in [2.45, 2.75) is 6.54 Å². The summed E-state index contributed by atoms with van der Waals surface area (Å²) in [6.07, 6.45) is 2.90. The normalized spacial score (nSPS) is 9.47. The maximum atomic E-state index is 11.3. The highest BCUT2D eigenvalue weighted by Gasteiger charge is 2.06. The fraction of sp³-hybridized carbons (Fsp3) is 0.300. The number of carbonyl (C=O) groups excluding carboxylic acids is 2. The molecule has 0 bridgehead atoms. The minimum Gasteiger partial charge on any atom is -0.480 e. The van der Waals surface area contributed by atoms with E-state index in [9.17, 15) is 14.4 Å². The van der Waals surface area contributed by atoms with Crippen LogP contribution < -0.4 is 16.0 Å². The topological polar surface area (TPSA) is 133 Å². The van der Waals surface area contributed by atoms with Crippen LogP contribution in [0.25, 0.3) is 0 Å². The number of nitrogens with one attached hydrogen (secondary N) is 3. The van der Waals surface area contributed by atoms with Crippen molar-refractivity contribution in [1.82, 2.24) is 25.9 Å². The van der Waals surface area contributed by atoms with E-state index in [4.69, 9.17) is 5.11 Å². The van der Waals surface area contributed by atoms with Gasteiger partial charge in [0.1, 0.15) is 12.9 Å². The molecular formula is C10H13N5O4. The molecule has 9 heteroatoms. The van der Waals surface area contributed by atoms with Crippen LogP contribution in [0.3, 0.4) is 0 Å². The van der Waals surface area contributed by atoms with Crippen LogP contribution in [0, 0.1) is 0 Å². The first-order valence-electron chi connectivity index (χ1n) is 5.33. The number of carboxylic acids is 1. The summed E-state index contributed by atoms with van der Waals surface area (Å²) in [6.45, 7) is -0.586. The van der Waals surface area contributed by atoms with Crippen molar-refractivity contribution >= 4 is 17.9 Å². The van der Waals surface area contributed by atoms with E-state index in [1.54, 1.807) is 12.3 Å². The Balaban J connectivity index is 2.17. The van der Waals surface area contributed by atoms with Crippen molar-refractivity contribution in [3.8, 4) is 0 Å². The molecule has 1 rings (SSSR count). The van der Waals surface area contributed by atoms with E-state index >= 15 is 0 Å². The van der Waals surface area contributed by atoms with Crippen LogP contribution in [-0.2, 0) is 16.1 Å². The Labute approximate surface area is 108 Å². The van der Waals surface area contributed by atoms with E-state index in [1.807, 2.05) is 0 Å². The van der Waals surface area contributed by atoms with Crippen molar-refractivity contribution in [1.29, 1.82) is 0 Å². The van der Waals surface area contributed by atoms with E-state index in [0.29, 0.717) is 5.69 Å². The summed E-state index contributed by atoms with van der Waals surface area (Å²) in [6, 6.07) is 1.09. The first kappa shape index (κ1) is 14.4. The lowest BCUT2D eigenvalue weighted by Crippen LogP contribution is -2.42. The summed E-state index contributed by atoms with van der Waals surface area (Å²) in [5, 5.41) is 15.2. The van der Waals surface area contributed by atoms with Crippen LogP contribution >= 0.6 is 0 Å². The average Bonchev–Trinajstić information content (AvgIpc) is 2.41. The molecule has 102 valence electrons. The van der Waals surface area contributed by atoms with Gasteiger partial charge in [-0.15, -0.1) is 0 Å². The average molecular weight is 267 g/mol. The number of nitrogens with zero attached hydrogens (tertiary/aromatic N) is 2. The van der Waals surface area contributed by atoms with Crippen molar-refractivity contribution < 1.29 is 19.5 Å². The minimum absolute atomic E-state index is 0.200. The smallest absolute Gasteiger partial charge is 0.322 e. The van der Waals surface area contributed by atoms with Crippen LogP contribution in [-0.4, -0.2) is 46.1 Å². The van der Waals surface area contributed by atoms with Gasteiger partial charge in [-0.25, -0.2) is 14.8 Å². The lowest BCUT2D eigenvalue weighted by atomic mass is 10.4. The summed E-state index contributed by atoms with van der Waals surface area (Å²) in [5.74, 6) is -1.74. The first-order valence-corrected chi connectivity index (χ1v) is 5.33. The predicted molar refractivity (Wildman–Crippen MR) is 62.9 cm³/mol. The summed E-state index contributed by atoms with van der Waals surface area (Å²) in [5.41, 5.74) is 0.625. The Morgan fingerprint density at radius 3 is 2.58 bits per heavy atom. The number of carbonyl (C=O) groups is 3. The molecule has 9 nitrogen and oxygen atoms in total. The van der Waals surface area contributed by atoms with Gasteiger partial charge in [-0.05, 0) is 6.07 Å². The number of hydrogen-bond acceptors (Lipinski definition) is 5. The standard InChI is InChI=1S/C10H13N5O4/c16-8(12-5-9(17)18)4-14-10(19)13-3-7-1-2-11-6-15-7/h1-2,6H,3-5H2,(H,12,16)(H,17,18)(H2,13,14,19). The molecule has 3 amide bonds. The SMILES string of the molecule is O=C(O)CNC(=O)CNC(=O)NCc1ccncn1. The third-order valence-corrected chi connectivity index (χ3v) is 1.92. The molecule has 0 unspecified atom stereocenters. The number of hydrogen-bond donors (Lipinski definition) is 4. The Kier molecular flexibility index (Phi) is 5.73. The largest absolute Gasteiger partial charge is 0.480 e. The lowest BCUT2D eigenvalue weighted by molar-refractivity contribution is -0.137. The monoisotopic (exact) mass is 267 g/mol. The molecular weight excluding hydrogens is 254 g/mol. The lowest BCUT2D eigenvalue weighted by Gasteiger charge is -2.07. The van der Waals surface area contributed by atoms with E-state index in [2.05, 4.69) is 25.9 Å². The zero-order valence-corrected chi connectivity index (χ0v) is 9.92. The minimum atomic E-state index is -1.15. The fourth-order valence-electron chi connectivity index (χ4n) is 1.05. The quantitative estimate of drug-likeness (QED) is 0.494. The van der Waals surface area contributed by atoms with E-state index < -0.39 is 24.5 Å². The van der Waals surface area contributed by atoms with Gasteiger partial charge in [0.25, 0.3) is 0 Å². The zero-order chi connectivity index (χ0) is 14.1. The molecule has 0 atom stereocenters. The van der Waals surface area contributed by atoms with E-state index in [-0.39, 0.29) is 13.1 Å². The molecule has 0 saturated heterocycles. The van der Waals surface area contributed by atoms with Crippen LogP contribution in [0.1, 0.15) is 5.69 Å². The van der Waals surface area contributed by atoms with E-state index in [1.165, 1.54) is 6.33 Å². The highest BCUT2D eigenvalue weighted by atomic mass is 16.4. The van der Waals surface area contributed by atoms with Crippen molar-refractivity contribution in [2.24, 2.45) is 0 Å². The number of aliphatic carboxylic acids is 1. The maximum absolute atomic E-state index is 11.3. The highest BCUT2D eigenvalue weighted by molar-refractivity contribution is 5.86. The van der Waals surface area contributed by atoms with Gasteiger partial charge in [0.05, 0.1) is 18.8 Å². The third kappa shape index (κ3) is 6.56. The second-order valence-corrected chi connectivity index (χ2v) is 3.41. The van der Waals surface area contributed by atoms with Crippen molar-refractivity contribution in [3.63, 3.8) is 0 Å². The van der Waals surface area contributed by atoms with Gasteiger partial charge in [-0.2, -0.15) is 0 Å². The molecule has 1 aromatic rings. The van der Waals surface area contributed by atoms with Crippen LogP contribution in [0.15, 0.2) is 18.6 Å². The van der Waals surface area contributed by atoms with Gasteiger partial charge in [0.2, 0.25) is 5.91 Å². The summed E-state index contributed by atoms with van der Waals surface area (Å²) in [7, 11) is 0. The molecule has 0 fully saturated rings. The molecule has 1 heterocycles. The zero-order valence-electron chi connectivity index (χ0n) is 9.92. The fourth-order valence-corrected chi connectivity index (χ4v) is 1.05. The maximum Gasteiger partial charge on any atom is 0.322 e. The van der Waals surface area contributed by atoms with Crippen LogP contribution in [0.2, 0.25) is 0 Å². The van der Waals surface area contributed by atoms with Gasteiger partial charge >= 0.3 is 12.0 Å². The third-order valence-electron chi connectivity index (χ3n) is 1.92. The second kappa shape index (κ2) is 7.58. The van der Waals surface area contributed by atoms with Crippen LogP contribution in [0.5, 0.6) is 0 Å². The van der Waals surface area contributed by atoms with Gasteiger partial charge < -0.3 is 21.1 Å². The molecule has 4 N–H and O–H groups in total. The number of aromatic nitrogens is 2. The summed E-state index contributed by atoms with van der Waals surface area (Å²) in [4.78, 5) is 40.2. The van der Waals surface area contributed by atoms with Crippen LogP contribution in [0.4, 0.5) is 4.79 Å². The molecule has 0 spiro atoms. The Morgan fingerprint density at radius 2 is 1.95 bits per heavy atom. The van der Waals surface area contributed by atoms with Gasteiger partial charge in [0.15, 0.2) is 0 Å². The molecule has 1 aromatic heterocycles. The summed E-state index contributed by atoms with van der Waals surface area (Å²) < 4.78 is 0. The number of carboxylic acid groups (broad SMARTS) is 1. The van der Waals surface area contributed by atoms with Crippen molar-refractivity contribution in [3.05, 3.63) is 24.3 Å². The van der Waals surface area contributed by atoms with Gasteiger partial charge in [-0.1, -0.05) is 0 Å². The molecule has 0 saturated carbocycles. The van der Waals surface area contributed by atoms with E-state index in [0.717, 1.165) is 0 Å². The Hall–Kier alpha value is -2.71. The molecule has 0 aliphatic rings. The second-order valence-electron chi connectivity index (χ2n) is 3.41. The van der Waals surface area contributed by atoms with Gasteiger partial charge in [-0.3, -0.25) is 9.59 Å². The molecule has 0 aromatic carbocycles. The molecule has 19 heavy (non-hydrogen) atoms. The molecule has 0 radical (unpaired) electrons. The first-order chi connectivity index (χ1) is 9.08. The Bertz CT molecular complexity index is 450. The highest BCUT2D eigenvalue weighted by Crippen LogP contribution is 1.88. The van der Waals surface area contributed by atoms with Crippen molar-refractivity contribution in [2.75, 3.05) is 13.1 Å². The number of urea groups is 1. The summed E-state index contributed by atoms with van der Waals surface area (Å²) >= 11 is 0. The molecule has 0 aliphatic heterocycles. The molecule has 0 aliphatic carbocycles. The predicted octanol–water partition coefficient (Wildman–Crippen LogP) is -1.52. The Morgan fingerprint density at radius 1 is 1.16 bits per heavy atom. The number of amides is 3. The number of rotatable bonds is 6. The van der Waals surface area contributed by atoms with Gasteiger partial charge in [0, 0.05) is 6.20 Å².